The molecular formula is C24H27N3O2S. The monoisotopic (exact) mass is 421 g/mol. The van der Waals surface area contributed by atoms with Crippen molar-refractivity contribution >= 4 is 34.3 Å². The molecule has 4 rings (SSSR count). The topological polar surface area (TPSA) is 64.0 Å². The van der Waals surface area contributed by atoms with E-state index in [1.807, 2.05) is 31.2 Å². The molecule has 0 spiro atoms. The molecule has 0 radical (unpaired) electrons. The van der Waals surface area contributed by atoms with Crippen molar-refractivity contribution in [3.05, 3.63) is 63.9 Å². The predicted molar refractivity (Wildman–Crippen MR) is 123 cm³/mol. The largest absolute Gasteiger partial charge is 0.325 e. The molecule has 0 fully saturated rings. The van der Waals surface area contributed by atoms with E-state index in [0.29, 0.717) is 28.5 Å². The summed E-state index contributed by atoms with van der Waals surface area (Å²) in [6.45, 7) is 6.56. The van der Waals surface area contributed by atoms with Gasteiger partial charge in [0.1, 0.15) is 0 Å². The van der Waals surface area contributed by atoms with Gasteiger partial charge in [-0.2, -0.15) is 0 Å². The first-order valence-electron chi connectivity index (χ1n) is 10.5. The van der Waals surface area contributed by atoms with Gasteiger partial charge in [-0.3, -0.25) is 14.2 Å². The average molecular weight is 422 g/mol. The molecule has 1 aromatic heterocycles. The minimum atomic E-state index is -0.385. The molecule has 0 bridgehead atoms. The van der Waals surface area contributed by atoms with Gasteiger partial charge in [0.2, 0.25) is 5.91 Å². The molecule has 1 N–H and O–H groups in total. The Kier molecular flexibility index (Phi) is 5.95. The van der Waals surface area contributed by atoms with Crippen molar-refractivity contribution in [1.82, 2.24) is 9.55 Å². The molecule has 0 saturated heterocycles. The van der Waals surface area contributed by atoms with Crippen molar-refractivity contribution in [2.24, 2.45) is 5.92 Å². The van der Waals surface area contributed by atoms with Gasteiger partial charge < -0.3 is 5.32 Å². The summed E-state index contributed by atoms with van der Waals surface area (Å²) in [5, 5.41) is 3.84. The molecule has 1 aliphatic carbocycles. The average Bonchev–Trinajstić information content (AvgIpc) is 3.18. The van der Waals surface area contributed by atoms with Crippen LogP contribution in [-0.4, -0.2) is 20.7 Å². The molecule has 2 aromatic carbocycles. The molecule has 30 heavy (non-hydrogen) atoms. The number of benzene rings is 2. The van der Waals surface area contributed by atoms with E-state index in [1.54, 1.807) is 10.6 Å². The highest BCUT2D eigenvalue weighted by atomic mass is 32.2. The Balaban J connectivity index is 1.57. The minimum absolute atomic E-state index is 0.0527. The van der Waals surface area contributed by atoms with Crippen LogP contribution >= 0.6 is 11.8 Å². The van der Waals surface area contributed by atoms with Crippen molar-refractivity contribution in [2.45, 2.75) is 57.0 Å². The van der Waals surface area contributed by atoms with E-state index >= 15 is 0 Å². The Labute approximate surface area is 180 Å². The number of amides is 1. The number of thioether (sulfide) groups is 1. The van der Waals surface area contributed by atoms with Crippen molar-refractivity contribution < 1.29 is 4.79 Å². The number of aromatic nitrogens is 2. The van der Waals surface area contributed by atoms with Crippen LogP contribution in [0.2, 0.25) is 0 Å². The lowest BCUT2D eigenvalue weighted by atomic mass is 10.1. The van der Waals surface area contributed by atoms with Crippen LogP contribution in [0.1, 0.15) is 38.3 Å². The predicted octanol–water partition coefficient (Wildman–Crippen LogP) is 4.66. The van der Waals surface area contributed by atoms with Crippen molar-refractivity contribution in [2.75, 3.05) is 5.32 Å². The molecule has 1 heterocycles. The highest BCUT2D eigenvalue weighted by Gasteiger charge is 2.21. The Morgan fingerprint density at radius 3 is 2.70 bits per heavy atom. The third-order valence-electron chi connectivity index (χ3n) is 5.39. The molecule has 6 heteroatoms. The number of hydrogen-bond donors (Lipinski definition) is 1. The minimum Gasteiger partial charge on any atom is -0.325 e. The molecule has 0 aliphatic heterocycles. The van der Waals surface area contributed by atoms with E-state index < -0.39 is 0 Å². The second-order valence-electron chi connectivity index (χ2n) is 8.31. The number of hydrogen-bond acceptors (Lipinski definition) is 4. The second-order valence-corrected chi connectivity index (χ2v) is 9.62. The number of aryl methyl sites for hydroxylation is 2. The zero-order valence-corrected chi connectivity index (χ0v) is 18.5. The fourth-order valence-electron chi connectivity index (χ4n) is 3.87. The van der Waals surface area contributed by atoms with Crippen LogP contribution in [0.15, 0.2) is 52.4 Å². The van der Waals surface area contributed by atoms with E-state index in [1.165, 1.54) is 29.3 Å². The quantitative estimate of drug-likeness (QED) is 0.464. The molecule has 0 saturated carbocycles. The number of carbonyl (C=O) groups is 1. The van der Waals surface area contributed by atoms with Crippen LogP contribution < -0.4 is 10.9 Å². The summed E-state index contributed by atoms with van der Waals surface area (Å²) in [5.74, 6) is 0.206. The summed E-state index contributed by atoms with van der Waals surface area (Å²) in [6, 6.07) is 13.5. The Morgan fingerprint density at radius 1 is 1.13 bits per heavy atom. The number of anilines is 1. The van der Waals surface area contributed by atoms with Gasteiger partial charge in [-0.05, 0) is 67.5 Å². The van der Waals surface area contributed by atoms with Gasteiger partial charge in [0.05, 0.1) is 16.2 Å². The maximum atomic E-state index is 13.0. The summed E-state index contributed by atoms with van der Waals surface area (Å²) >= 11 is 1.33. The van der Waals surface area contributed by atoms with Gasteiger partial charge in [-0.25, -0.2) is 4.98 Å². The van der Waals surface area contributed by atoms with E-state index in [-0.39, 0.29) is 16.7 Å². The lowest BCUT2D eigenvalue weighted by Crippen LogP contribution is -2.28. The van der Waals surface area contributed by atoms with Gasteiger partial charge >= 0.3 is 0 Å². The third-order valence-corrected chi connectivity index (χ3v) is 6.48. The number of fused-ring (bicyclic) bond motifs is 2. The summed E-state index contributed by atoms with van der Waals surface area (Å²) < 4.78 is 1.71. The van der Waals surface area contributed by atoms with Gasteiger partial charge in [0, 0.05) is 12.2 Å². The van der Waals surface area contributed by atoms with Gasteiger partial charge in [0.15, 0.2) is 5.16 Å². The third kappa shape index (κ3) is 4.29. The molecule has 1 aliphatic rings. The summed E-state index contributed by atoms with van der Waals surface area (Å²) in [6.07, 6.45) is 3.38. The number of nitrogens with zero attached hydrogens (tertiary/aromatic N) is 2. The maximum absolute atomic E-state index is 13.0. The zero-order valence-electron chi connectivity index (χ0n) is 17.6. The summed E-state index contributed by atoms with van der Waals surface area (Å²) in [5.41, 5.74) is 4.15. The van der Waals surface area contributed by atoms with Crippen molar-refractivity contribution in [3.8, 4) is 0 Å². The van der Waals surface area contributed by atoms with Crippen LogP contribution in [0.25, 0.3) is 10.9 Å². The molecule has 0 unspecified atom stereocenters. The summed E-state index contributed by atoms with van der Waals surface area (Å²) in [4.78, 5) is 30.6. The Hall–Kier alpha value is -2.60. The van der Waals surface area contributed by atoms with E-state index in [4.69, 9.17) is 4.98 Å². The standard InChI is InChI=1S/C24H27N3O2S/c1-15(2)14-27-23(29)20-9-4-5-10-21(20)26-24(27)30-16(3)22(28)25-19-12-11-17-7-6-8-18(17)13-19/h4-5,9-13,15-16H,6-8,14H2,1-3H3,(H,25,28)/t16-/m0/s1. The Bertz CT molecular complexity index is 1150. The van der Waals surface area contributed by atoms with Crippen LogP contribution in [0.4, 0.5) is 5.69 Å². The van der Waals surface area contributed by atoms with Crippen LogP contribution in [0, 0.1) is 5.92 Å². The number of nitrogens with one attached hydrogen (secondary N) is 1. The number of para-hydroxylation sites is 1. The second kappa shape index (κ2) is 8.64. The normalized spacial score (nSPS) is 14.1. The Morgan fingerprint density at radius 2 is 1.90 bits per heavy atom. The first kappa shape index (κ1) is 20.7. The highest BCUT2D eigenvalue weighted by molar-refractivity contribution is 8.00. The first-order chi connectivity index (χ1) is 14.4. The molecular weight excluding hydrogens is 394 g/mol. The lowest BCUT2D eigenvalue weighted by Gasteiger charge is -2.17. The molecule has 1 atom stereocenters. The molecule has 5 nitrogen and oxygen atoms in total. The molecule has 3 aromatic rings. The maximum Gasteiger partial charge on any atom is 0.262 e. The SMILES string of the molecule is CC(C)Cn1c(S[C@@H](C)C(=O)Nc2ccc3c(c2)CCC3)nc2ccccc2c1=O. The smallest absolute Gasteiger partial charge is 0.262 e. The highest BCUT2D eigenvalue weighted by Crippen LogP contribution is 2.27. The van der Waals surface area contributed by atoms with E-state index in [2.05, 4.69) is 31.3 Å². The molecule has 1 amide bonds. The first-order valence-corrected chi connectivity index (χ1v) is 11.4. The number of carbonyl (C=O) groups excluding carboxylic acids is 1. The van der Waals surface area contributed by atoms with Crippen LogP contribution in [0.3, 0.4) is 0 Å². The fraction of sp³-hybridized carbons (Fsp3) is 0.375. The van der Waals surface area contributed by atoms with E-state index in [9.17, 15) is 9.59 Å². The summed E-state index contributed by atoms with van der Waals surface area (Å²) in [7, 11) is 0. The number of rotatable bonds is 6. The van der Waals surface area contributed by atoms with E-state index in [0.717, 1.165) is 18.5 Å². The van der Waals surface area contributed by atoms with Crippen LogP contribution in [0.5, 0.6) is 0 Å². The fourth-order valence-corrected chi connectivity index (χ4v) is 4.79. The van der Waals surface area contributed by atoms with Crippen LogP contribution in [-0.2, 0) is 24.2 Å². The molecule has 156 valence electrons. The van der Waals surface area contributed by atoms with Gasteiger partial charge in [-0.1, -0.05) is 43.8 Å². The van der Waals surface area contributed by atoms with Gasteiger partial charge in [0.25, 0.3) is 5.56 Å². The zero-order chi connectivity index (χ0) is 21.3. The van der Waals surface area contributed by atoms with Crippen molar-refractivity contribution in [1.29, 1.82) is 0 Å². The van der Waals surface area contributed by atoms with Crippen molar-refractivity contribution in [3.63, 3.8) is 0 Å². The van der Waals surface area contributed by atoms with Gasteiger partial charge in [-0.15, -0.1) is 0 Å². The lowest BCUT2D eigenvalue weighted by molar-refractivity contribution is -0.115.